The van der Waals surface area contributed by atoms with Crippen molar-refractivity contribution in [3.8, 4) is 11.5 Å². The molecule has 0 amide bonds. The molecule has 25 heavy (non-hydrogen) atoms. The summed E-state index contributed by atoms with van der Waals surface area (Å²) in [6.07, 6.45) is 0. The number of hydrogen-bond acceptors (Lipinski definition) is 3. The molecule has 3 rings (SSSR count). The minimum absolute atomic E-state index is 0.116. The molecule has 0 aliphatic heterocycles. The first kappa shape index (κ1) is 17.7. The largest absolute Gasteiger partial charge is 0.506 e. The van der Waals surface area contributed by atoms with Crippen molar-refractivity contribution in [2.75, 3.05) is 4.90 Å². The van der Waals surface area contributed by atoms with Crippen molar-refractivity contribution in [2.45, 2.75) is 0 Å². The van der Waals surface area contributed by atoms with Gasteiger partial charge in [0.25, 0.3) is 0 Å². The molecule has 3 nitrogen and oxygen atoms in total. The van der Waals surface area contributed by atoms with Gasteiger partial charge >= 0.3 is 0 Å². The van der Waals surface area contributed by atoms with Gasteiger partial charge in [0.2, 0.25) is 0 Å². The minimum Gasteiger partial charge on any atom is -0.506 e. The van der Waals surface area contributed by atoms with Gasteiger partial charge in [0.15, 0.2) is 0 Å². The molecule has 0 aliphatic rings. The van der Waals surface area contributed by atoms with E-state index in [1.54, 1.807) is 12.1 Å². The van der Waals surface area contributed by atoms with Crippen LogP contribution in [0, 0.1) is 11.6 Å². The molecule has 0 atom stereocenters. The van der Waals surface area contributed by atoms with E-state index in [0.29, 0.717) is 8.95 Å². The standard InChI is InChI=1S/C18H11Br2F2NO2/c19-10-4-6-14(16(24)8-10)23(15-7-5-11(20)9-17(15)25)18-12(21)2-1-3-13(18)22/h1-9,24-25H. The van der Waals surface area contributed by atoms with Gasteiger partial charge in [0.1, 0.15) is 28.8 Å². The van der Waals surface area contributed by atoms with Crippen molar-refractivity contribution < 1.29 is 19.0 Å². The zero-order chi connectivity index (χ0) is 18.1. The number of nitrogens with zero attached hydrogens (tertiary/aromatic N) is 1. The highest BCUT2D eigenvalue weighted by Gasteiger charge is 2.25. The second kappa shape index (κ2) is 7.01. The maximum absolute atomic E-state index is 14.4. The molecule has 0 bridgehead atoms. The Bertz CT molecular complexity index is 879. The fraction of sp³-hybridized carbons (Fsp3) is 0. The third-order valence-electron chi connectivity index (χ3n) is 3.52. The molecule has 7 heteroatoms. The molecule has 0 fully saturated rings. The molecule has 0 spiro atoms. The van der Waals surface area contributed by atoms with Crippen molar-refractivity contribution in [1.82, 2.24) is 0 Å². The van der Waals surface area contributed by atoms with Crippen molar-refractivity contribution in [1.29, 1.82) is 0 Å². The van der Waals surface area contributed by atoms with Crippen LogP contribution in [0.4, 0.5) is 25.8 Å². The first-order chi connectivity index (χ1) is 11.9. The maximum atomic E-state index is 14.4. The normalized spacial score (nSPS) is 10.7. The van der Waals surface area contributed by atoms with E-state index in [-0.39, 0.29) is 22.9 Å². The predicted molar refractivity (Wildman–Crippen MR) is 99.8 cm³/mol. The number of benzene rings is 3. The molecule has 128 valence electrons. The highest BCUT2D eigenvalue weighted by atomic mass is 79.9. The van der Waals surface area contributed by atoms with Crippen LogP contribution in [0.25, 0.3) is 0 Å². The van der Waals surface area contributed by atoms with Crippen LogP contribution in [0.1, 0.15) is 0 Å². The van der Waals surface area contributed by atoms with Gasteiger partial charge in [-0.05, 0) is 48.5 Å². The monoisotopic (exact) mass is 469 g/mol. The zero-order valence-corrected chi connectivity index (χ0v) is 15.7. The van der Waals surface area contributed by atoms with Gasteiger partial charge in [-0.2, -0.15) is 0 Å². The number of rotatable bonds is 3. The van der Waals surface area contributed by atoms with Crippen LogP contribution in [0.2, 0.25) is 0 Å². The molecule has 0 saturated carbocycles. The van der Waals surface area contributed by atoms with Gasteiger partial charge in [0.05, 0.1) is 11.4 Å². The summed E-state index contributed by atoms with van der Waals surface area (Å²) in [6, 6.07) is 12.5. The molecule has 2 N–H and O–H groups in total. The zero-order valence-electron chi connectivity index (χ0n) is 12.5. The molecule has 0 radical (unpaired) electrons. The third-order valence-corrected chi connectivity index (χ3v) is 4.50. The Morgan fingerprint density at radius 2 is 1.16 bits per heavy atom. The molecular formula is C18H11Br2F2NO2. The molecule has 0 saturated heterocycles. The lowest BCUT2D eigenvalue weighted by Gasteiger charge is -2.27. The lowest BCUT2D eigenvalue weighted by molar-refractivity contribution is 0.471. The first-order valence-corrected chi connectivity index (χ1v) is 8.68. The fourth-order valence-electron chi connectivity index (χ4n) is 2.44. The lowest BCUT2D eigenvalue weighted by Crippen LogP contribution is -2.14. The van der Waals surface area contributed by atoms with Crippen LogP contribution in [-0.4, -0.2) is 10.2 Å². The Hall–Kier alpha value is -2.12. The third kappa shape index (κ3) is 3.48. The van der Waals surface area contributed by atoms with Crippen LogP contribution in [0.3, 0.4) is 0 Å². The maximum Gasteiger partial charge on any atom is 0.150 e. The highest BCUT2D eigenvalue weighted by Crippen LogP contribution is 2.46. The van der Waals surface area contributed by atoms with Crippen LogP contribution < -0.4 is 4.90 Å². The molecule has 0 aromatic heterocycles. The number of phenols is 2. The van der Waals surface area contributed by atoms with Crippen molar-refractivity contribution >= 4 is 48.9 Å². The summed E-state index contributed by atoms with van der Waals surface area (Å²) in [6.45, 7) is 0. The van der Waals surface area contributed by atoms with Crippen LogP contribution in [0.5, 0.6) is 11.5 Å². The topological polar surface area (TPSA) is 43.7 Å². The summed E-state index contributed by atoms with van der Waals surface area (Å²) in [5.41, 5.74) is -0.174. The van der Waals surface area contributed by atoms with Crippen molar-refractivity contribution in [2.24, 2.45) is 0 Å². The summed E-state index contributed by atoms with van der Waals surface area (Å²) < 4.78 is 30.1. The van der Waals surface area contributed by atoms with E-state index >= 15 is 0 Å². The molecule has 3 aromatic rings. The van der Waals surface area contributed by atoms with Gasteiger partial charge in [-0.25, -0.2) is 8.78 Å². The highest BCUT2D eigenvalue weighted by molar-refractivity contribution is 9.10. The Balaban J connectivity index is 2.32. The van der Waals surface area contributed by atoms with Gasteiger partial charge in [-0.3, -0.25) is 4.90 Å². The molecule has 0 aliphatic carbocycles. The van der Waals surface area contributed by atoms with Crippen molar-refractivity contribution in [3.63, 3.8) is 0 Å². The van der Waals surface area contributed by atoms with E-state index < -0.39 is 17.3 Å². The van der Waals surface area contributed by atoms with Gasteiger partial charge in [-0.15, -0.1) is 0 Å². The van der Waals surface area contributed by atoms with E-state index in [1.807, 2.05) is 0 Å². The van der Waals surface area contributed by atoms with E-state index in [2.05, 4.69) is 31.9 Å². The average molecular weight is 471 g/mol. The molecule has 3 aromatic carbocycles. The summed E-state index contributed by atoms with van der Waals surface area (Å²) in [7, 11) is 0. The van der Waals surface area contributed by atoms with E-state index in [0.717, 1.165) is 17.0 Å². The Morgan fingerprint density at radius 3 is 1.56 bits per heavy atom. The molecule has 0 unspecified atom stereocenters. The van der Waals surface area contributed by atoms with Gasteiger partial charge in [-0.1, -0.05) is 37.9 Å². The summed E-state index contributed by atoms with van der Waals surface area (Å²) in [5, 5.41) is 20.6. The summed E-state index contributed by atoms with van der Waals surface area (Å²) in [4.78, 5) is 1.13. The van der Waals surface area contributed by atoms with E-state index in [9.17, 15) is 19.0 Å². The van der Waals surface area contributed by atoms with Gasteiger partial charge in [0, 0.05) is 8.95 Å². The number of hydrogen-bond donors (Lipinski definition) is 2. The number of para-hydroxylation sites is 1. The quantitative estimate of drug-likeness (QED) is 0.467. The van der Waals surface area contributed by atoms with Crippen LogP contribution >= 0.6 is 31.9 Å². The second-order valence-electron chi connectivity index (χ2n) is 5.17. The summed E-state index contributed by atoms with van der Waals surface area (Å²) >= 11 is 6.46. The van der Waals surface area contributed by atoms with E-state index in [4.69, 9.17) is 0 Å². The molecule has 0 heterocycles. The smallest absolute Gasteiger partial charge is 0.150 e. The fourth-order valence-corrected chi connectivity index (χ4v) is 3.14. The van der Waals surface area contributed by atoms with Crippen LogP contribution in [0.15, 0.2) is 63.5 Å². The van der Waals surface area contributed by atoms with Crippen LogP contribution in [-0.2, 0) is 0 Å². The summed E-state index contributed by atoms with van der Waals surface area (Å²) in [5.74, 6) is -2.08. The average Bonchev–Trinajstić information content (AvgIpc) is 2.53. The number of halogens is 4. The second-order valence-corrected chi connectivity index (χ2v) is 7.00. The SMILES string of the molecule is Oc1cc(Br)ccc1N(c1ccc(Br)cc1O)c1c(F)cccc1F. The minimum atomic E-state index is -0.829. The Kier molecular flexibility index (Phi) is 4.96. The Morgan fingerprint density at radius 1 is 0.720 bits per heavy atom. The molecular weight excluding hydrogens is 460 g/mol. The number of anilines is 3. The van der Waals surface area contributed by atoms with Gasteiger partial charge < -0.3 is 10.2 Å². The Labute approximate surface area is 159 Å². The first-order valence-electron chi connectivity index (χ1n) is 7.09. The number of phenolic OH excluding ortho intramolecular Hbond substituents is 2. The lowest BCUT2D eigenvalue weighted by atomic mass is 10.1. The predicted octanol–water partition coefficient (Wildman–Crippen LogP) is 6.37. The van der Waals surface area contributed by atoms with E-state index in [1.165, 1.54) is 30.3 Å². The number of aromatic hydroxyl groups is 2. The van der Waals surface area contributed by atoms with Crippen molar-refractivity contribution in [3.05, 3.63) is 75.2 Å².